The van der Waals surface area contributed by atoms with E-state index in [9.17, 15) is 9.59 Å². The van der Waals surface area contributed by atoms with E-state index in [0.717, 1.165) is 22.2 Å². The highest BCUT2D eigenvalue weighted by molar-refractivity contribution is 6.68. The van der Waals surface area contributed by atoms with Crippen molar-refractivity contribution in [2.75, 3.05) is 0 Å². The van der Waals surface area contributed by atoms with Crippen molar-refractivity contribution in [3.8, 4) is 22.5 Å². The maximum absolute atomic E-state index is 11.3. The van der Waals surface area contributed by atoms with Gasteiger partial charge in [-0.2, -0.15) is 0 Å². The van der Waals surface area contributed by atoms with Crippen molar-refractivity contribution in [2.24, 2.45) is 0 Å². The van der Waals surface area contributed by atoms with Crippen LogP contribution in [0.1, 0.15) is 20.7 Å². The summed E-state index contributed by atoms with van der Waals surface area (Å²) in [7, 11) is 0. The summed E-state index contributed by atoms with van der Waals surface area (Å²) in [6.45, 7) is 0. The molecule has 0 aliphatic rings. The summed E-state index contributed by atoms with van der Waals surface area (Å²) in [6.07, 6.45) is 0. The number of hydrogen-bond acceptors (Lipinski definition) is 4. The van der Waals surface area contributed by atoms with Crippen LogP contribution < -0.4 is 0 Å². The van der Waals surface area contributed by atoms with E-state index in [1.165, 1.54) is 0 Å². The Morgan fingerprint density at radius 3 is 1.25 bits per heavy atom. The summed E-state index contributed by atoms with van der Waals surface area (Å²) in [5, 5.41) is -1.03. The summed E-state index contributed by atoms with van der Waals surface area (Å²) in [4.78, 5) is 32.2. The number of carbonyl (C=O) groups is 2. The largest absolute Gasteiger partial charge is 0.276 e. The van der Waals surface area contributed by atoms with Crippen molar-refractivity contribution in [3.05, 3.63) is 83.9 Å². The van der Waals surface area contributed by atoms with Gasteiger partial charge in [0.05, 0.1) is 22.4 Å². The Morgan fingerprint density at radius 1 is 0.571 bits per heavy atom. The lowest BCUT2D eigenvalue weighted by Gasteiger charge is -2.11. The summed E-state index contributed by atoms with van der Waals surface area (Å²) in [5.74, 6) is 0. The van der Waals surface area contributed by atoms with E-state index in [1.807, 2.05) is 24.3 Å². The molecule has 0 radical (unpaired) electrons. The van der Waals surface area contributed by atoms with Crippen LogP contribution in [0.4, 0.5) is 0 Å². The van der Waals surface area contributed by atoms with Gasteiger partial charge in [-0.3, -0.25) is 9.59 Å². The van der Waals surface area contributed by atoms with Gasteiger partial charge in [0.15, 0.2) is 0 Å². The fraction of sp³-hybridized carbons (Fsp3) is 0. The predicted octanol–water partition coefficient (Wildman–Crippen LogP) is 5.72. The second-order valence-electron chi connectivity index (χ2n) is 6.11. The minimum atomic E-state index is -0.516. The molecule has 6 heteroatoms. The molecule has 0 spiro atoms. The van der Waals surface area contributed by atoms with Crippen LogP contribution in [0.3, 0.4) is 0 Å². The molecule has 0 saturated carbocycles. The third-order valence-electron chi connectivity index (χ3n) is 4.34. The van der Waals surface area contributed by atoms with Gasteiger partial charge in [0.2, 0.25) is 0 Å². The van der Waals surface area contributed by atoms with E-state index in [4.69, 9.17) is 33.2 Å². The number of aromatic nitrogens is 2. The molecule has 0 aliphatic carbocycles. The standard InChI is InChI=1S/C22H12Cl2N2O2/c23-21(27)15-9-5-13(6-10-15)19-20(14-7-11-16(12-8-14)22(24)28)26-18-4-2-1-3-17(18)25-19/h1-12H. The normalized spacial score (nSPS) is 10.8. The van der Waals surface area contributed by atoms with E-state index >= 15 is 0 Å². The summed E-state index contributed by atoms with van der Waals surface area (Å²) < 4.78 is 0. The van der Waals surface area contributed by atoms with Crippen molar-refractivity contribution in [3.63, 3.8) is 0 Å². The van der Waals surface area contributed by atoms with E-state index < -0.39 is 10.5 Å². The predicted molar refractivity (Wildman–Crippen MR) is 111 cm³/mol. The van der Waals surface area contributed by atoms with Gasteiger partial charge in [-0.05, 0) is 59.6 Å². The van der Waals surface area contributed by atoms with Crippen LogP contribution >= 0.6 is 23.2 Å². The lowest BCUT2D eigenvalue weighted by Crippen LogP contribution is -1.97. The molecule has 4 aromatic rings. The Kier molecular flexibility index (Phi) is 4.90. The average Bonchev–Trinajstić information content (AvgIpc) is 2.73. The van der Waals surface area contributed by atoms with Crippen molar-refractivity contribution in [1.29, 1.82) is 0 Å². The highest BCUT2D eigenvalue weighted by atomic mass is 35.5. The Morgan fingerprint density at radius 2 is 0.929 bits per heavy atom. The quantitative estimate of drug-likeness (QED) is 0.406. The van der Waals surface area contributed by atoms with Crippen LogP contribution in [0.2, 0.25) is 0 Å². The molecular weight excluding hydrogens is 395 g/mol. The SMILES string of the molecule is O=C(Cl)c1ccc(-c2nc3ccccc3nc2-c2ccc(C(=O)Cl)cc2)cc1. The topological polar surface area (TPSA) is 59.9 Å². The summed E-state index contributed by atoms with van der Waals surface area (Å²) in [5.41, 5.74) is 5.25. The van der Waals surface area contributed by atoms with Crippen LogP contribution in [0.25, 0.3) is 33.5 Å². The van der Waals surface area contributed by atoms with Crippen molar-refractivity contribution in [2.45, 2.75) is 0 Å². The fourth-order valence-electron chi connectivity index (χ4n) is 2.92. The molecular formula is C22H12Cl2N2O2. The molecule has 0 N–H and O–H groups in total. The van der Waals surface area contributed by atoms with Crippen LogP contribution in [-0.2, 0) is 0 Å². The summed E-state index contributed by atoms with van der Waals surface area (Å²) >= 11 is 11.1. The van der Waals surface area contributed by atoms with Crippen molar-refractivity contribution in [1.82, 2.24) is 9.97 Å². The maximum atomic E-state index is 11.3. The molecule has 28 heavy (non-hydrogen) atoms. The number of hydrogen-bond donors (Lipinski definition) is 0. The van der Waals surface area contributed by atoms with Crippen LogP contribution in [-0.4, -0.2) is 20.5 Å². The zero-order valence-corrected chi connectivity index (χ0v) is 15.9. The molecule has 4 rings (SSSR count). The number of benzene rings is 3. The van der Waals surface area contributed by atoms with Gasteiger partial charge in [-0.1, -0.05) is 36.4 Å². The molecule has 3 aromatic carbocycles. The third kappa shape index (κ3) is 3.52. The monoisotopic (exact) mass is 406 g/mol. The number of rotatable bonds is 4. The Labute approximate surface area is 170 Å². The number of fused-ring (bicyclic) bond motifs is 1. The first-order valence-corrected chi connectivity index (χ1v) is 9.16. The zero-order valence-electron chi connectivity index (χ0n) is 14.4. The average molecular weight is 407 g/mol. The van der Waals surface area contributed by atoms with E-state index in [1.54, 1.807) is 48.5 Å². The summed E-state index contributed by atoms with van der Waals surface area (Å²) in [6, 6.07) is 21.3. The number of carbonyl (C=O) groups excluding carboxylic acids is 2. The molecule has 0 saturated heterocycles. The van der Waals surface area contributed by atoms with Gasteiger partial charge in [0.25, 0.3) is 10.5 Å². The van der Waals surface area contributed by atoms with Gasteiger partial charge in [-0.15, -0.1) is 0 Å². The molecule has 4 nitrogen and oxygen atoms in total. The Hall–Kier alpha value is -3.08. The first-order valence-electron chi connectivity index (χ1n) is 8.40. The first-order chi connectivity index (χ1) is 13.5. The Balaban J connectivity index is 1.91. The number of halogens is 2. The first kappa shape index (κ1) is 18.3. The molecule has 136 valence electrons. The van der Waals surface area contributed by atoms with Crippen LogP contribution in [0.15, 0.2) is 72.8 Å². The minimum absolute atomic E-state index is 0.408. The molecule has 1 aromatic heterocycles. The fourth-order valence-corrected chi connectivity index (χ4v) is 3.17. The lowest BCUT2D eigenvalue weighted by molar-refractivity contribution is 0.107. The van der Waals surface area contributed by atoms with Crippen LogP contribution in [0.5, 0.6) is 0 Å². The number of nitrogens with zero attached hydrogens (tertiary/aromatic N) is 2. The third-order valence-corrected chi connectivity index (χ3v) is 4.78. The van der Waals surface area contributed by atoms with Gasteiger partial charge >= 0.3 is 0 Å². The second kappa shape index (κ2) is 7.50. The molecule has 0 aliphatic heterocycles. The maximum Gasteiger partial charge on any atom is 0.252 e. The highest BCUT2D eigenvalue weighted by Crippen LogP contribution is 2.31. The second-order valence-corrected chi connectivity index (χ2v) is 6.80. The van der Waals surface area contributed by atoms with Gasteiger partial charge in [-0.25, -0.2) is 9.97 Å². The van der Waals surface area contributed by atoms with E-state index in [-0.39, 0.29) is 0 Å². The van der Waals surface area contributed by atoms with E-state index in [0.29, 0.717) is 22.5 Å². The molecule has 1 heterocycles. The van der Waals surface area contributed by atoms with Crippen molar-refractivity contribution >= 4 is 44.7 Å². The smallest absolute Gasteiger partial charge is 0.252 e. The molecule has 0 unspecified atom stereocenters. The molecule has 0 bridgehead atoms. The van der Waals surface area contributed by atoms with Gasteiger partial charge < -0.3 is 0 Å². The Bertz CT molecular complexity index is 1110. The highest BCUT2D eigenvalue weighted by Gasteiger charge is 2.14. The van der Waals surface area contributed by atoms with E-state index in [2.05, 4.69) is 0 Å². The van der Waals surface area contributed by atoms with Crippen molar-refractivity contribution < 1.29 is 9.59 Å². The van der Waals surface area contributed by atoms with Crippen LogP contribution in [0, 0.1) is 0 Å². The molecule has 0 amide bonds. The number of para-hydroxylation sites is 2. The van der Waals surface area contributed by atoms with Gasteiger partial charge in [0, 0.05) is 22.3 Å². The zero-order chi connectivity index (χ0) is 19.7. The molecule has 0 fully saturated rings. The minimum Gasteiger partial charge on any atom is -0.276 e. The lowest BCUT2D eigenvalue weighted by atomic mass is 10.0. The molecule has 0 atom stereocenters. The van der Waals surface area contributed by atoms with Gasteiger partial charge in [0.1, 0.15) is 0 Å².